The van der Waals surface area contributed by atoms with Crippen LogP contribution in [0, 0.1) is 5.92 Å². The molecule has 0 aliphatic carbocycles. The fourth-order valence-corrected chi connectivity index (χ4v) is 4.38. The Hall–Kier alpha value is -2.45. The van der Waals surface area contributed by atoms with Crippen molar-refractivity contribution >= 4 is 27.7 Å². The van der Waals surface area contributed by atoms with Crippen molar-refractivity contribution < 1.29 is 0 Å². The summed E-state index contributed by atoms with van der Waals surface area (Å²) in [7, 11) is 0. The number of aromatic nitrogens is 6. The van der Waals surface area contributed by atoms with Crippen LogP contribution in [0.25, 0.3) is 11.4 Å². The highest BCUT2D eigenvalue weighted by molar-refractivity contribution is 9.10. The van der Waals surface area contributed by atoms with E-state index in [9.17, 15) is 0 Å². The molecule has 2 heterocycles. The first-order chi connectivity index (χ1) is 14.6. The van der Waals surface area contributed by atoms with Crippen molar-refractivity contribution in [3.05, 3.63) is 76.4 Å². The van der Waals surface area contributed by atoms with Crippen LogP contribution in [-0.4, -0.2) is 30.0 Å². The van der Waals surface area contributed by atoms with Crippen molar-refractivity contribution in [1.29, 1.82) is 0 Å². The summed E-state index contributed by atoms with van der Waals surface area (Å²) in [6.45, 7) is 5.82. The van der Waals surface area contributed by atoms with Crippen LogP contribution in [-0.2, 0) is 18.8 Å². The molecular formula is C22H23BrN6S. The van der Waals surface area contributed by atoms with Crippen molar-refractivity contribution in [1.82, 2.24) is 30.0 Å². The Morgan fingerprint density at radius 2 is 1.77 bits per heavy atom. The van der Waals surface area contributed by atoms with Gasteiger partial charge in [0, 0.05) is 16.8 Å². The Morgan fingerprint density at radius 1 is 1.00 bits per heavy atom. The van der Waals surface area contributed by atoms with E-state index in [1.54, 1.807) is 16.6 Å². The molecule has 6 nitrogen and oxygen atoms in total. The fourth-order valence-electron chi connectivity index (χ4n) is 3.05. The molecule has 0 spiro atoms. The smallest absolute Gasteiger partial charge is 0.209 e. The maximum absolute atomic E-state index is 4.62. The molecule has 0 saturated heterocycles. The molecule has 0 atom stereocenters. The Balaban J connectivity index is 1.57. The first kappa shape index (κ1) is 20.8. The molecule has 0 radical (unpaired) electrons. The van der Waals surface area contributed by atoms with Crippen molar-refractivity contribution in [2.45, 2.75) is 37.7 Å². The molecule has 30 heavy (non-hydrogen) atoms. The van der Waals surface area contributed by atoms with E-state index in [0.29, 0.717) is 18.3 Å². The molecule has 0 fully saturated rings. The lowest BCUT2D eigenvalue weighted by Crippen LogP contribution is -2.07. The van der Waals surface area contributed by atoms with Gasteiger partial charge in [-0.25, -0.2) is 0 Å². The van der Waals surface area contributed by atoms with Crippen LogP contribution in [0.15, 0.2) is 70.3 Å². The number of nitrogens with zero attached hydrogens (tertiary/aromatic N) is 6. The third kappa shape index (κ3) is 5.17. The van der Waals surface area contributed by atoms with Gasteiger partial charge in [0.05, 0.1) is 18.3 Å². The van der Waals surface area contributed by atoms with E-state index in [-0.39, 0.29) is 0 Å². The van der Waals surface area contributed by atoms with Gasteiger partial charge in [-0.2, -0.15) is 9.90 Å². The van der Waals surface area contributed by atoms with Crippen LogP contribution >= 0.6 is 27.7 Å². The van der Waals surface area contributed by atoms with Crippen LogP contribution in [0.4, 0.5) is 0 Å². The number of thioether (sulfide) groups is 1. The van der Waals surface area contributed by atoms with Crippen LogP contribution in [0.2, 0.25) is 0 Å². The lowest BCUT2D eigenvalue weighted by Gasteiger charge is -2.10. The molecule has 154 valence electrons. The summed E-state index contributed by atoms with van der Waals surface area (Å²) in [6.07, 6.45) is 1.86. The maximum Gasteiger partial charge on any atom is 0.209 e. The molecule has 0 aliphatic heterocycles. The van der Waals surface area contributed by atoms with E-state index in [1.165, 1.54) is 5.56 Å². The lowest BCUT2D eigenvalue weighted by atomic mass is 10.2. The highest BCUT2D eigenvalue weighted by atomic mass is 79.9. The SMILES string of the molecule is CC(C)Cn1ncc(-c2nnn(Cc3ccc(Br)cc3)n2)c1SCc1ccccc1. The zero-order valence-electron chi connectivity index (χ0n) is 16.9. The van der Waals surface area contributed by atoms with E-state index < -0.39 is 0 Å². The van der Waals surface area contributed by atoms with Crippen molar-refractivity contribution in [2.75, 3.05) is 0 Å². The topological polar surface area (TPSA) is 61.4 Å². The van der Waals surface area contributed by atoms with Crippen LogP contribution in [0.5, 0.6) is 0 Å². The number of halogens is 1. The van der Waals surface area contributed by atoms with Gasteiger partial charge in [-0.3, -0.25) is 4.68 Å². The van der Waals surface area contributed by atoms with Gasteiger partial charge in [0.15, 0.2) is 0 Å². The molecule has 2 aromatic carbocycles. The average Bonchev–Trinajstić information content (AvgIpc) is 3.35. The summed E-state index contributed by atoms with van der Waals surface area (Å²) < 4.78 is 3.11. The molecule has 8 heteroatoms. The number of benzene rings is 2. The van der Waals surface area contributed by atoms with Gasteiger partial charge in [0.1, 0.15) is 5.03 Å². The maximum atomic E-state index is 4.62. The summed E-state index contributed by atoms with van der Waals surface area (Å²) in [4.78, 5) is 1.63. The second-order valence-electron chi connectivity index (χ2n) is 7.48. The number of rotatable bonds is 8. The predicted molar refractivity (Wildman–Crippen MR) is 123 cm³/mol. The fraction of sp³-hybridized carbons (Fsp3) is 0.273. The first-order valence-electron chi connectivity index (χ1n) is 9.83. The highest BCUT2D eigenvalue weighted by Crippen LogP contribution is 2.32. The third-order valence-electron chi connectivity index (χ3n) is 4.48. The largest absolute Gasteiger partial charge is 0.258 e. The van der Waals surface area contributed by atoms with E-state index in [0.717, 1.165) is 32.9 Å². The monoisotopic (exact) mass is 482 g/mol. The highest BCUT2D eigenvalue weighted by Gasteiger charge is 2.18. The van der Waals surface area contributed by atoms with Gasteiger partial charge >= 0.3 is 0 Å². The van der Waals surface area contributed by atoms with E-state index in [1.807, 2.05) is 24.4 Å². The standard InChI is InChI=1S/C22H23BrN6S/c1-16(2)13-28-22(30-15-18-6-4-3-5-7-18)20(12-24-28)21-25-27-29(26-21)14-17-8-10-19(23)11-9-17/h3-12,16H,13-15H2,1-2H3. The van der Waals surface area contributed by atoms with Crippen molar-refractivity contribution in [3.63, 3.8) is 0 Å². The van der Waals surface area contributed by atoms with Crippen molar-refractivity contribution in [3.8, 4) is 11.4 Å². The van der Waals surface area contributed by atoms with Gasteiger partial charge in [-0.15, -0.1) is 22.0 Å². The lowest BCUT2D eigenvalue weighted by molar-refractivity contribution is 0.457. The molecular weight excluding hydrogens is 460 g/mol. The Bertz CT molecular complexity index is 1090. The molecule has 4 aromatic rings. The number of hydrogen-bond donors (Lipinski definition) is 0. The molecule has 0 saturated carbocycles. The zero-order valence-corrected chi connectivity index (χ0v) is 19.3. The minimum Gasteiger partial charge on any atom is -0.258 e. The minimum absolute atomic E-state index is 0.495. The average molecular weight is 483 g/mol. The summed E-state index contributed by atoms with van der Waals surface area (Å²) in [6, 6.07) is 18.6. The van der Waals surface area contributed by atoms with Crippen LogP contribution < -0.4 is 0 Å². The van der Waals surface area contributed by atoms with Gasteiger partial charge in [0.2, 0.25) is 5.82 Å². The first-order valence-corrected chi connectivity index (χ1v) is 11.6. The molecule has 0 amide bonds. The molecule has 4 rings (SSSR count). The second-order valence-corrected chi connectivity index (χ2v) is 9.36. The number of tetrazole rings is 1. The van der Waals surface area contributed by atoms with Gasteiger partial charge in [-0.05, 0) is 34.4 Å². The summed E-state index contributed by atoms with van der Waals surface area (Å²) in [5, 5.41) is 18.9. The molecule has 0 unspecified atom stereocenters. The molecule has 0 bridgehead atoms. The second kappa shape index (κ2) is 9.57. The van der Waals surface area contributed by atoms with E-state index >= 15 is 0 Å². The summed E-state index contributed by atoms with van der Waals surface area (Å²) in [5.74, 6) is 1.97. The quantitative estimate of drug-likeness (QED) is 0.319. The zero-order chi connectivity index (χ0) is 20.9. The Labute approximate surface area is 188 Å². The Morgan fingerprint density at radius 3 is 2.50 bits per heavy atom. The normalized spacial score (nSPS) is 11.3. The molecule has 0 aliphatic rings. The summed E-state index contributed by atoms with van der Waals surface area (Å²) in [5.41, 5.74) is 3.33. The van der Waals surface area contributed by atoms with Crippen molar-refractivity contribution in [2.24, 2.45) is 5.92 Å². The number of hydrogen-bond acceptors (Lipinski definition) is 5. The van der Waals surface area contributed by atoms with Gasteiger partial charge < -0.3 is 0 Å². The molecule has 0 N–H and O–H groups in total. The minimum atomic E-state index is 0.495. The third-order valence-corrected chi connectivity index (χ3v) is 6.19. The van der Waals surface area contributed by atoms with Crippen LogP contribution in [0.1, 0.15) is 25.0 Å². The molecule has 2 aromatic heterocycles. The Kier molecular flexibility index (Phi) is 6.64. The van der Waals surface area contributed by atoms with Gasteiger partial charge in [0.25, 0.3) is 0 Å². The van der Waals surface area contributed by atoms with Gasteiger partial charge in [-0.1, -0.05) is 72.2 Å². The van der Waals surface area contributed by atoms with E-state index in [2.05, 4.69) is 91.4 Å². The van der Waals surface area contributed by atoms with E-state index in [4.69, 9.17) is 0 Å². The predicted octanol–water partition coefficient (Wildman–Crippen LogP) is 5.30. The van der Waals surface area contributed by atoms with Crippen LogP contribution in [0.3, 0.4) is 0 Å². The summed E-state index contributed by atoms with van der Waals surface area (Å²) >= 11 is 5.23.